The molecule has 37 heavy (non-hydrogen) atoms. The van der Waals surface area contributed by atoms with E-state index in [1.165, 1.54) is 54.5 Å². The Bertz CT molecular complexity index is 1330. The summed E-state index contributed by atoms with van der Waals surface area (Å²) in [6.45, 7) is 0.230. The summed E-state index contributed by atoms with van der Waals surface area (Å²) < 4.78 is 32.3. The molecule has 10 heteroatoms. The number of aliphatic imine (C=N–C) groups is 1. The fourth-order valence-electron chi connectivity index (χ4n) is 3.63. The summed E-state index contributed by atoms with van der Waals surface area (Å²) in [5.74, 6) is -2.18. The van der Waals surface area contributed by atoms with Crippen LogP contribution in [0.15, 0.2) is 77.8 Å². The number of hydrogen-bond acceptors (Lipinski definition) is 6. The molecule has 1 saturated heterocycles. The van der Waals surface area contributed by atoms with Gasteiger partial charge in [0, 0.05) is 18.7 Å². The van der Waals surface area contributed by atoms with Gasteiger partial charge in [0.2, 0.25) is 11.8 Å². The molecule has 2 amide bonds. The Morgan fingerprint density at radius 1 is 1.05 bits per heavy atom. The topological polar surface area (TPSA) is 88.1 Å². The van der Waals surface area contributed by atoms with Gasteiger partial charge in [-0.25, -0.2) is 18.6 Å². The van der Waals surface area contributed by atoms with E-state index < -0.39 is 22.9 Å². The Morgan fingerprint density at radius 3 is 2.43 bits per heavy atom. The van der Waals surface area contributed by atoms with Gasteiger partial charge >= 0.3 is 5.97 Å². The average molecular weight is 524 g/mol. The summed E-state index contributed by atoms with van der Waals surface area (Å²) in [7, 11) is 1.28. The van der Waals surface area contributed by atoms with Crippen LogP contribution in [-0.4, -0.2) is 46.8 Å². The van der Waals surface area contributed by atoms with Gasteiger partial charge in [0.25, 0.3) is 0 Å². The van der Waals surface area contributed by atoms with Crippen molar-refractivity contribution in [2.45, 2.75) is 18.1 Å². The molecule has 7 nitrogen and oxygen atoms in total. The highest BCUT2D eigenvalue weighted by Gasteiger charge is 2.36. The third kappa shape index (κ3) is 6.59. The van der Waals surface area contributed by atoms with Gasteiger partial charge in [-0.3, -0.25) is 14.5 Å². The number of halogens is 2. The number of amides is 2. The van der Waals surface area contributed by atoms with Crippen LogP contribution in [0, 0.1) is 11.6 Å². The van der Waals surface area contributed by atoms with Crippen LogP contribution < -0.4 is 5.32 Å². The van der Waals surface area contributed by atoms with Gasteiger partial charge in [-0.2, -0.15) is 0 Å². The minimum absolute atomic E-state index is 0.0454. The summed E-state index contributed by atoms with van der Waals surface area (Å²) in [5.41, 5.74) is 1.64. The Morgan fingerprint density at radius 2 is 1.76 bits per heavy atom. The van der Waals surface area contributed by atoms with E-state index in [1.807, 2.05) is 0 Å². The molecular weight excluding hydrogens is 500 g/mol. The van der Waals surface area contributed by atoms with Crippen molar-refractivity contribution in [1.29, 1.82) is 0 Å². The molecule has 1 atom stereocenters. The largest absolute Gasteiger partial charge is 0.465 e. The van der Waals surface area contributed by atoms with Gasteiger partial charge in [0.15, 0.2) is 5.17 Å². The van der Waals surface area contributed by atoms with Crippen molar-refractivity contribution < 1.29 is 27.9 Å². The predicted molar refractivity (Wildman–Crippen MR) is 138 cm³/mol. The molecule has 4 rings (SSSR count). The Kier molecular flexibility index (Phi) is 8.29. The molecule has 0 aliphatic carbocycles. The lowest BCUT2D eigenvalue weighted by molar-refractivity contribution is -0.129. The highest BCUT2D eigenvalue weighted by Crippen LogP contribution is 2.31. The lowest BCUT2D eigenvalue weighted by Gasteiger charge is -2.32. The maximum absolute atomic E-state index is 14.3. The molecule has 3 aromatic rings. The van der Waals surface area contributed by atoms with Crippen molar-refractivity contribution in [3.05, 3.63) is 95.6 Å². The van der Waals surface area contributed by atoms with Crippen molar-refractivity contribution in [2.75, 3.05) is 19.0 Å². The smallest absolute Gasteiger partial charge is 0.337 e. The van der Waals surface area contributed by atoms with E-state index in [-0.39, 0.29) is 35.5 Å². The highest BCUT2D eigenvalue weighted by molar-refractivity contribution is 8.15. The number of benzene rings is 3. The van der Waals surface area contributed by atoms with Crippen molar-refractivity contribution in [1.82, 2.24) is 4.90 Å². The second-order valence-corrected chi connectivity index (χ2v) is 9.31. The Labute approximate surface area is 216 Å². The van der Waals surface area contributed by atoms with Gasteiger partial charge < -0.3 is 10.1 Å². The monoisotopic (exact) mass is 523 g/mol. The molecule has 0 saturated carbocycles. The Hall–Kier alpha value is -4.05. The number of methoxy groups -OCH3 is 1. The number of thioether (sulfide) groups is 1. The third-order valence-corrected chi connectivity index (χ3v) is 6.80. The number of hydrogen-bond donors (Lipinski definition) is 1. The minimum Gasteiger partial charge on any atom is -0.465 e. The van der Waals surface area contributed by atoms with Gasteiger partial charge in [-0.05, 0) is 60.5 Å². The number of ether oxygens (including phenoxy) is 1. The number of carbonyl (C=O) groups is 3. The molecule has 1 aliphatic heterocycles. The van der Waals surface area contributed by atoms with Crippen molar-refractivity contribution in [3.8, 4) is 0 Å². The quantitative estimate of drug-likeness (QED) is 0.443. The number of esters is 1. The first-order chi connectivity index (χ1) is 17.8. The maximum atomic E-state index is 14.3. The fourth-order valence-corrected chi connectivity index (χ4v) is 4.75. The molecule has 0 unspecified atom stereocenters. The van der Waals surface area contributed by atoms with Crippen molar-refractivity contribution in [3.63, 3.8) is 0 Å². The molecule has 0 spiro atoms. The summed E-state index contributed by atoms with van der Waals surface area (Å²) in [6, 6.07) is 18.0. The lowest BCUT2D eigenvalue weighted by atomic mass is 10.1. The van der Waals surface area contributed by atoms with Crippen LogP contribution in [-0.2, 0) is 20.7 Å². The van der Waals surface area contributed by atoms with Gasteiger partial charge in [0.1, 0.15) is 22.6 Å². The number of rotatable bonds is 7. The van der Waals surface area contributed by atoms with Crippen LogP contribution in [0.3, 0.4) is 0 Å². The summed E-state index contributed by atoms with van der Waals surface area (Å²) in [4.78, 5) is 43.6. The minimum atomic E-state index is -0.805. The standard InChI is InChI=1S/C27H23F2N3O4S/c1-36-26(35)18-8-12-20(13-9-18)30-25(34)23-16-24(33)32(15-14-17-6-10-19(28)11-7-17)27(37-23)31-22-5-3-2-4-21(22)29/h2-13,23H,14-16H2,1H3,(H,30,34)/t23-/m0/s1. The van der Waals surface area contributed by atoms with Gasteiger partial charge in [0.05, 0.1) is 12.7 Å². The first-order valence-corrected chi connectivity index (χ1v) is 12.3. The van der Waals surface area contributed by atoms with E-state index in [0.717, 1.165) is 17.3 Å². The molecule has 1 N–H and O–H groups in total. The average Bonchev–Trinajstić information content (AvgIpc) is 2.90. The van der Waals surface area contributed by atoms with Crippen LogP contribution >= 0.6 is 11.8 Å². The molecule has 0 bridgehead atoms. The fraction of sp³-hybridized carbons (Fsp3) is 0.185. The molecule has 1 aliphatic rings. The third-order valence-electron chi connectivity index (χ3n) is 5.61. The molecule has 1 fully saturated rings. The van der Waals surface area contributed by atoms with E-state index in [4.69, 9.17) is 0 Å². The molecule has 1 heterocycles. The summed E-state index contributed by atoms with van der Waals surface area (Å²) in [6.07, 6.45) is 0.336. The number of anilines is 1. The van der Waals surface area contributed by atoms with E-state index >= 15 is 0 Å². The number of carbonyl (C=O) groups excluding carboxylic acids is 3. The zero-order valence-corrected chi connectivity index (χ0v) is 20.6. The molecule has 3 aromatic carbocycles. The number of amidine groups is 1. The summed E-state index contributed by atoms with van der Waals surface area (Å²) >= 11 is 1.07. The van der Waals surface area contributed by atoms with E-state index in [1.54, 1.807) is 30.3 Å². The van der Waals surface area contributed by atoms with Crippen LogP contribution in [0.5, 0.6) is 0 Å². The van der Waals surface area contributed by atoms with Crippen LogP contribution in [0.25, 0.3) is 0 Å². The van der Waals surface area contributed by atoms with Gasteiger partial charge in [-0.1, -0.05) is 36.0 Å². The Balaban J connectivity index is 1.53. The zero-order valence-electron chi connectivity index (χ0n) is 19.8. The molecule has 0 radical (unpaired) electrons. The zero-order chi connectivity index (χ0) is 26.4. The second-order valence-electron chi connectivity index (χ2n) is 8.14. The van der Waals surface area contributed by atoms with Crippen molar-refractivity contribution in [2.24, 2.45) is 4.99 Å². The molecular formula is C27H23F2N3O4S. The molecule has 190 valence electrons. The highest BCUT2D eigenvalue weighted by atomic mass is 32.2. The molecule has 0 aromatic heterocycles. The normalized spacial score (nSPS) is 16.5. The van der Waals surface area contributed by atoms with E-state index in [9.17, 15) is 23.2 Å². The van der Waals surface area contributed by atoms with Crippen LogP contribution in [0.4, 0.5) is 20.2 Å². The number of para-hydroxylation sites is 1. The van der Waals surface area contributed by atoms with E-state index in [0.29, 0.717) is 17.7 Å². The number of nitrogens with one attached hydrogen (secondary N) is 1. The van der Waals surface area contributed by atoms with Crippen LogP contribution in [0.1, 0.15) is 22.3 Å². The van der Waals surface area contributed by atoms with Gasteiger partial charge in [-0.15, -0.1) is 0 Å². The number of nitrogens with zero attached hydrogens (tertiary/aromatic N) is 2. The van der Waals surface area contributed by atoms with E-state index in [2.05, 4.69) is 15.0 Å². The lowest BCUT2D eigenvalue weighted by Crippen LogP contribution is -2.46. The first kappa shape index (κ1) is 26.0. The first-order valence-electron chi connectivity index (χ1n) is 11.4. The van der Waals surface area contributed by atoms with Crippen molar-refractivity contribution >= 4 is 46.1 Å². The van der Waals surface area contributed by atoms with Crippen LogP contribution in [0.2, 0.25) is 0 Å². The second kappa shape index (κ2) is 11.8. The predicted octanol–water partition coefficient (Wildman–Crippen LogP) is 4.95. The maximum Gasteiger partial charge on any atom is 0.337 e. The summed E-state index contributed by atoms with van der Waals surface area (Å²) in [5, 5.41) is 2.14. The SMILES string of the molecule is COC(=O)c1ccc(NC(=O)[C@@H]2CC(=O)N(CCc3ccc(F)cc3)C(=Nc3ccccc3F)S2)cc1.